The fourth-order valence-corrected chi connectivity index (χ4v) is 7.37. The van der Waals surface area contributed by atoms with Crippen LogP contribution in [0.4, 0.5) is 34.5 Å². The van der Waals surface area contributed by atoms with Crippen molar-refractivity contribution in [3.05, 3.63) is 53.7 Å². The predicted molar refractivity (Wildman–Crippen MR) is 176 cm³/mol. The van der Waals surface area contributed by atoms with Crippen LogP contribution in [0, 0.1) is 12.3 Å². The highest BCUT2D eigenvalue weighted by molar-refractivity contribution is 7.92. The molecule has 0 unspecified atom stereocenters. The number of methoxy groups -OCH3 is 1. The highest BCUT2D eigenvalue weighted by Gasteiger charge is 2.30. The zero-order valence-corrected chi connectivity index (χ0v) is 26.4. The molecule has 6 rings (SSSR count). The molecule has 232 valence electrons. The van der Waals surface area contributed by atoms with Gasteiger partial charge in [0.05, 0.1) is 42.2 Å². The number of nitrogens with one attached hydrogen (secondary N) is 2. The minimum absolute atomic E-state index is 0.332. The normalized spacial score (nSPS) is 18.1. The van der Waals surface area contributed by atoms with Gasteiger partial charge < -0.3 is 25.2 Å². The number of rotatable bonds is 8. The number of hydrogen-bond donors (Lipinski definition) is 2. The first-order valence-corrected chi connectivity index (χ1v) is 16.9. The van der Waals surface area contributed by atoms with Crippen LogP contribution >= 0.6 is 0 Å². The van der Waals surface area contributed by atoms with E-state index in [-0.39, 0.29) is 0 Å². The predicted octanol–water partition coefficient (Wildman–Crippen LogP) is 3.49. The van der Waals surface area contributed by atoms with Crippen molar-refractivity contribution in [1.29, 1.82) is 0 Å². The molecule has 0 amide bonds. The number of para-hydroxylation sites is 1. The van der Waals surface area contributed by atoms with Gasteiger partial charge in [0.2, 0.25) is 16.0 Å². The van der Waals surface area contributed by atoms with Crippen LogP contribution in [0.15, 0.2) is 42.6 Å². The molecule has 44 heavy (non-hydrogen) atoms. The number of anilines is 6. The van der Waals surface area contributed by atoms with Crippen molar-refractivity contribution < 1.29 is 13.2 Å². The number of nitrogens with zero attached hydrogens (tertiary/aromatic N) is 6. The molecule has 3 aliphatic heterocycles. The van der Waals surface area contributed by atoms with Gasteiger partial charge in [-0.3, -0.25) is 9.21 Å². The highest BCUT2D eigenvalue weighted by atomic mass is 32.2. The van der Waals surface area contributed by atoms with Crippen LogP contribution in [0.5, 0.6) is 5.75 Å². The lowest BCUT2D eigenvalue weighted by Gasteiger charge is -2.42. The number of aromatic nitrogens is 2. The molecule has 0 bridgehead atoms. The first-order chi connectivity index (χ1) is 21.2. The third-order valence-corrected chi connectivity index (χ3v) is 10.0. The van der Waals surface area contributed by atoms with Crippen LogP contribution in [-0.2, 0) is 16.4 Å². The molecule has 3 aliphatic rings. The Morgan fingerprint density at radius 1 is 1.00 bits per heavy atom. The van der Waals surface area contributed by atoms with Gasteiger partial charge in [0.15, 0.2) is 5.82 Å². The maximum absolute atomic E-state index is 12.5. The van der Waals surface area contributed by atoms with E-state index < -0.39 is 10.0 Å². The quantitative estimate of drug-likeness (QED) is 0.366. The Morgan fingerprint density at radius 3 is 2.48 bits per heavy atom. The van der Waals surface area contributed by atoms with Crippen LogP contribution in [0.1, 0.15) is 24.0 Å². The molecule has 2 aromatic carbocycles. The number of piperidine rings is 1. The van der Waals surface area contributed by atoms with Gasteiger partial charge in [-0.2, -0.15) is 4.98 Å². The Bertz CT molecular complexity index is 1660. The fraction of sp³-hybridized carbons (Fsp3) is 0.438. The van der Waals surface area contributed by atoms with Gasteiger partial charge in [-0.15, -0.1) is 6.42 Å². The molecule has 0 aliphatic carbocycles. The number of hydrogen-bond acceptors (Lipinski definition) is 10. The summed E-state index contributed by atoms with van der Waals surface area (Å²) in [6, 6.07) is 12.5. The molecule has 2 N–H and O–H groups in total. The molecule has 0 saturated carbocycles. The molecular weight excluding hydrogens is 576 g/mol. The van der Waals surface area contributed by atoms with E-state index >= 15 is 0 Å². The van der Waals surface area contributed by atoms with E-state index in [1.165, 1.54) is 10.6 Å². The zero-order valence-electron chi connectivity index (χ0n) is 25.6. The van der Waals surface area contributed by atoms with Gasteiger partial charge in [-0.25, -0.2) is 13.4 Å². The number of fused-ring (bicyclic) bond motifs is 1. The summed E-state index contributed by atoms with van der Waals surface area (Å²) in [6.07, 6.45) is 11.5. The second-order valence-electron chi connectivity index (χ2n) is 11.7. The average molecular weight is 617 g/mol. The van der Waals surface area contributed by atoms with Crippen molar-refractivity contribution in [2.45, 2.75) is 25.3 Å². The third kappa shape index (κ3) is 6.26. The molecule has 2 saturated heterocycles. The largest absolute Gasteiger partial charge is 0.494 e. The summed E-state index contributed by atoms with van der Waals surface area (Å²) in [5, 5.41) is 6.56. The van der Waals surface area contributed by atoms with E-state index in [1.807, 2.05) is 24.3 Å². The van der Waals surface area contributed by atoms with Gasteiger partial charge in [0, 0.05) is 63.6 Å². The van der Waals surface area contributed by atoms with Gasteiger partial charge >= 0.3 is 0 Å². The molecule has 0 atom stereocenters. The van der Waals surface area contributed by atoms with Crippen molar-refractivity contribution in [3.63, 3.8) is 0 Å². The Balaban J connectivity index is 1.17. The summed E-state index contributed by atoms with van der Waals surface area (Å²) in [4.78, 5) is 16.6. The summed E-state index contributed by atoms with van der Waals surface area (Å²) in [5.74, 6) is 4.05. The first kappa shape index (κ1) is 30.0. The van der Waals surface area contributed by atoms with Crippen molar-refractivity contribution in [2.24, 2.45) is 0 Å². The van der Waals surface area contributed by atoms with Crippen LogP contribution in [0.25, 0.3) is 0 Å². The maximum atomic E-state index is 12.5. The molecule has 11 nitrogen and oxygen atoms in total. The molecule has 12 heteroatoms. The number of piperazine rings is 1. The van der Waals surface area contributed by atoms with Crippen molar-refractivity contribution in [2.75, 3.05) is 86.1 Å². The Kier molecular flexibility index (Phi) is 8.53. The number of likely N-dealkylation sites (N-methyl/N-ethyl adjacent to an activating group) is 1. The number of benzene rings is 2. The summed E-state index contributed by atoms with van der Waals surface area (Å²) >= 11 is 0. The minimum atomic E-state index is -3.44. The topological polar surface area (TPSA) is 106 Å². The summed E-state index contributed by atoms with van der Waals surface area (Å²) in [7, 11) is 0.418. The summed E-state index contributed by atoms with van der Waals surface area (Å²) in [6.45, 7) is 7.03. The average Bonchev–Trinajstić information content (AvgIpc) is 3.48. The molecule has 2 fully saturated rings. The number of sulfonamides is 1. The van der Waals surface area contributed by atoms with E-state index in [0.717, 1.165) is 69.0 Å². The van der Waals surface area contributed by atoms with Crippen LogP contribution in [-0.4, -0.2) is 100 Å². The van der Waals surface area contributed by atoms with Gasteiger partial charge in [0.25, 0.3) is 0 Å². The van der Waals surface area contributed by atoms with E-state index in [9.17, 15) is 8.42 Å². The van der Waals surface area contributed by atoms with E-state index in [1.54, 1.807) is 13.3 Å². The second-order valence-corrected chi connectivity index (χ2v) is 13.6. The van der Waals surface area contributed by atoms with Crippen LogP contribution < -0.4 is 24.6 Å². The molecule has 0 radical (unpaired) electrons. The lowest BCUT2D eigenvalue weighted by Crippen LogP contribution is -2.52. The number of terminal acetylenes is 1. The van der Waals surface area contributed by atoms with E-state index in [2.05, 4.69) is 60.4 Å². The molecule has 3 aromatic rings. The lowest BCUT2D eigenvalue weighted by atomic mass is 10.0. The molecule has 1 aromatic heterocycles. The van der Waals surface area contributed by atoms with Crippen molar-refractivity contribution >= 4 is 44.5 Å². The van der Waals surface area contributed by atoms with Gasteiger partial charge in [-0.05, 0) is 50.1 Å². The van der Waals surface area contributed by atoms with Crippen molar-refractivity contribution in [1.82, 2.24) is 19.8 Å². The molecular formula is C32H40N8O3S. The van der Waals surface area contributed by atoms with Crippen LogP contribution in [0.3, 0.4) is 0 Å². The SMILES string of the molecule is C#Cc1cnc(Nc2ccc(N3CCC(N4CCN(C)CC4)CC3)cc2OC)nc1Nc1cccc2c1N(S(C)(=O)=O)CC2. The standard InChI is InChI=1S/C32H40N8O3S/c1-5-23-22-33-32(36-31(23)34-28-8-6-7-24-11-16-40(30(24)28)44(4,41)42)35-27-10-9-26(21-29(27)43-3)38-14-12-25(13-15-38)39-19-17-37(2)18-20-39/h1,6-10,21-22,25H,11-20H2,2-4H3,(H2,33,34,35,36). The Labute approximate surface area is 260 Å². The highest BCUT2D eigenvalue weighted by Crippen LogP contribution is 2.39. The lowest BCUT2D eigenvalue weighted by molar-refractivity contribution is 0.0982. The second kappa shape index (κ2) is 12.5. The van der Waals surface area contributed by atoms with E-state index in [0.29, 0.717) is 53.5 Å². The van der Waals surface area contributed by atoms with Gasteiger partial charge in [-0.1, -0.05) is 18.1 Å². The van der Waals surface area contributed by atoms with Gasteiger partial charge in [0.1, 0.15) is 5.75 Å². The smallest absolute Gasteiger partial charge is 0.232 e. The monoisotopic (exact) mass is 616 g/mol. The van der Waals surface area contributed by atoms with E-state index in [4.69, 9.17) is 11.2 Å². The molecule has 0 spiro atoms. The first-order valence-electron chi connectivity index (χ1n) is 15.1. The summed E-state index contributed by atoms with van der Waals surface area (Å²) in [5.41, 5.74) is 4.50. The third-order valence-electron chi connectivity index (χ3n) is 8.87. The summed E-state index contributed by atoms with van der Waals surface area (Å²) < 4.78 is 32.1. The molecule has 4 heterocycles. The Hall–Kier alpha value is -4.05. The van der Waals surface area contributed by atoms with Crippen molar-refractivity contribution in [3.8, 4) is 18.1 Å². The van der Waals surface area contributed by atoms with Crippen LogP contribution in [0.2, 0.25) is 0 Å². The minimum Gasteiger partial charge on any atom is -0.494 e. The zero-order chi connectivity index (χ0) is 30.8. The fourth-order valence-electron chi connectivity index (χ4n) is 6.40. The maximum Gasteiger partial charge on any atom is 0.232 e. The Morgan fingerprint density at radius 2 is 1.77 bits per heavy atom. The number of ether oxygens (including phenoxy) is 1.